The Morgan fingerprint density at radius 1 is 1.33 bits per heavy atom. The summed E-state index contributed by atoms with van der Waals surface area (Å²) in [4.78, 5) is 14.7. The molecule has 0 spiro atoms. The van der Waals surface area contributed by atoms with E-state index in [1.54, 1.807) is 18.5 Å². The number of aromatic nitrogens is 1. The molecule has 0 bridgehead atoms. The number of aryl methyl sites for hydroxylation is 1. The van der Waals surface area contributed by atoms with Gasteiger partial charge in [-0.15, -0.1) is 0 Å². The van der Waals surface area contributed by atoms with Crippen LogP contribution in [0.25, 0.3) is 0 Å². The minimum Gasteiger partial charge on any atom is -0.478 e. The molecule has 0 fully saturated rings. The third-order valence-electron chi connectivity index (χ3n) is 2.37. The van der Waals surface area contributed by atoms with E-state index in [1.165, 1.54) is 18.2 Å². The summed E-state index contributed by atoms with van der Waals surface area (Å²) >= 11 is 5.97. The van der Waals surface area contributed by atoms with Gasteiger partial charge in [-0.2, -0.15) is 0 Å². The lowest BCUT2D eigenvalue weighted by atomic mass is 10.2. The fourth-order valence-electron chi connectivity index (χ4n) is 1.41. The number of pyridine rings is 1. The average Bonchev–Trinajstić information content (AvgIpc) is 2.34. The molecule has 0 unspecified atom stereocenters. The highest BCUT2D eigenvalue weighted by Crippen LogP contribution is 2.31. The van der Waals surface area contributed by atoms with Gasteiger partial charge in [-0.1, -0.05) is 11.6 Å². The summed E-state index contributed by atoms with van der Waals surface area (Å²) < 4.78 is 5.61. The lowest BCUT2D eigenvalue weighted by Gasteiger charge is -2.09. The van der Waals surface area contributed by atoms with Gasteiger partial charge in [-0.25, -0.2) is 4.79 Å². The van der Waals surface area contributed by atoms with Gasteiger partial charge in [-0.3, -0.25) is 4.98 Å². The number of nitrogens with zero attached hydrogens (tertiary/aromatic N) is 1. The molecule has 92 valence electrons. The highest BCUT2D eigenvalue weighted by atomic mass is 35.5. The van der Waals surface area contributed by atoms with Crippen molar-refractivity contribution in [3.63, 3.8) is 0 Å². The monoisotopic (exact) mass is 263 g/mol. The number of hydrogen-bond donors (Lipinski definition) is 1. The van der Waals surface area contributed by atoms with Gasteiger partial charge in [0.25, 0.3) is 0 Å². The molecule has 5 heteroatoms. The molecule has 2 rings (SSSR count). The predicted octanol–water partition coefficient (Wildman–Crippen LogP) is 3.53. The van der Waals surface area contributed by atoms with Gasteiger partial charge in [0, 0.05) is 18.0 Å². The van der Waals surface area contributed by atoms with E-state index in [0.29, 0.717) is 11.5 Å². The number of benzene rings is 1. The van der Waals surface area contributed by atoms with Crippen molar-refractivity contribution in [3.05, 3.63) is 52.8 Å². The number of aromatic carboxylic acids is 1. The molecule has 1 aromatic heterocycles. The maximum absolute atomic E-state index is 10.8. The number of ether oxygens (including phenoxy) is 1. The van der Waals surface area contributed by atoms with Crippen molar-refractivity contribution < 1.29 is 14.6 Å². The summed E-state index contributed by atoms with van der Waals surface area (Å²) in [5.74, 6) is 0.0227. The molecule has 0 aliphatic carbocycles. The Morgan fingerprint density at radius 3 is 2.72 bits per heavy atom. The van der Waals surface area contributed by atoms with Crippen LogP contribution in [-0.4, -0.2) is 16.1 Å². The van der Waals surface area contributed by atoms with E-state index in [9.17, 15) is 4.79 Å². The Labute approximate surface area is 109 Å². The van der Waals surface area contributed by atoms with Crippen LogP contribution < -0.4 is 4.74 Å². The Morgan fingerprint density at radius 2 is 2.11 bits per heavy atom. The minimum absolute atomic E-state index is 0.124. The highest BCUT2D eigenvalue weighted by molar-refractivity contribution is 6.32. The maximum Gasteiger partial charge on any atom is 0.335 e. The first-order valence-corrected chi connectivity index (χ1v) is 5.57. The Balaban J connectivity index is 2.30. The number of carboxylic acids is 1. The van der Waals surface area contributed by atoms with Crippen LogP contribution in [0.4, 0.5) is 0 Å². The second kappa shape index (κ2) is 5.06. The van der Waals surface area contributed by atoms with Crippen LogP contribution in [0.1, 0.15) is 15.9 Å². The Bertz CT molecular complexity index is 599. The van der Waals surface area contributed by atoms with E-state index in [0.717, 1.165) is 5.56 Å². The lowest BCUT2D eigenvalue weighted by molar-refractivity contribution is 0.0697. The van der Waals surface area contributed by atoms with Gasteiger partial charge >= 0.3 is 5.97 Å². The Hall–Kier alpha value is -2.07. The fraction of sp³-hybridized carbons (Fsp3) is 0.0769. The zero-order valence-corrected chi connectivity index (χ0v) is 10.3. The predicted molar refractivity (Wildman–Crippen MR) is 67.5 cm³/mol. The number of rotatable bonds is 3. The van der Waals surface area contributed by atoms with Crippen molar-refractivity contribution in [2.75, 3.05) is 0 Å². The molecule has 0 aliphatic rings. The summed E-state index contributed by atoms with van der Waals surface area (Å²) in [6, 6.07) is 6.05. The van der Waals surface area contributed by atoms with Crippen molar-refractivity contribution >= 4 is 17.6 Å². The zero-order valence-electron chi connectivity index (χ0n) is 9.55. The summed E-state index contributed by atoms with van der Waals surface area (Å²) in [6.45, 7) is 1.86. The van der Waals surface area contributed by atoms with Gasteiger partial charge in [0.15, 0.2) is 0 Å². The molecule has 4 nitrogen and oxygen atoms in total. The van der Waals surface area contributed by atoms with Crippen LogP contribution in [0.15, 0.2) is 36.7 Å². The fourth-order valence-corrected chi connectivity index (χ4v) is 1.63. The van der Waals surface area contributed by atoms with Crippen molar-refractivity contribution in [3.8, 4) is 11.5 Å². The molecular weight excluding hydrogens is 254 g/mol. The van der Waals surface area contributed by atoms with Crippen LogP contribution in [0, 0.1) is 6.92 Å². The number of carboxylic acid groups (broad SMARTS) is 1. The van der Waals surface area contributed by atoms with E-state index < -0.39 is 5.97 Å². The Kier molecular flexibility index (Phi) is 3.48. The van der Waals surface area contributed by atoms with Crippen LogP contribution >= 0.6 is 11.6 Å². The summed E-state index contributed by atoms with van der Waals surface area (Å²) in [5, 5.41) is 9.08. The molecule has 0 saturated heterocycles. The van der Waals surface area contributed by atoms with E-state index in [1.807, 2.05) is 6.92 Å². The molecule has 0 atom stereocenters. The minimum atomic E-state index is -1.02. The SMILES string of the molecule is Cc1cnccc1Oc1ccc(C(=O)O)cc1Cl. The smallest absolute Gasteiger partial charge is 0.335 e. The first-order chi connectivity index (χ1) is 8.58. The van der Waals surface area contributed by atoms with Crippen molar-refractivity contribution in [2.45, 2.75) is 6.92 Å². The summed E-state index contributed by atoms with van der Waals surface area (Å²) in [5.41, 5.74) is 0.995. The zero-order chi connectivity index (χ0) is 13.1. The molecule has 1 N–H and O–H groups in total. The van der Waals surface area contributed by atoms with Crippen molar-refractivity contribution in [1.29, 1.82) is 0 Å². The van der Waals surface area contributed by atoms with E-state index in [4.69, 9.17) is 21.4 Å². The molecule has 0 radical (unpaired) electrons. The van der Waals surface area contributed by atoms with Crippen molar-refractivity contribution in [1.82, 2.24) is 4.98 Å². The third-order valence-corrected chi connectivity index (χ3v) is 2.66. The normalized spacial score (nSPS) is 10.1. The molecular formula is C13H10ClNO3. The van der Waals surface area contributed by atoms with Gasteiger partial charge in [0.2, 0.25) is 0 Å². The first kappa shape index (κ1) is 12.4. The van der Waals surface area contributed by atoms with Gasteiger partial charge < -0.3 is 9.84 Å². The largest absolute Gasteiger partial charge is 0.478 e. The van der Waals surface area contributed by atoms with Gasteiger partial charge in [0.05, 0.1) is 10.6 Å². The van der Waals surface area contributed by atoms with Crippen molar-refractivity contribution in [2.24, 2.45) is 0 Å². The molecule has 1 aromatic carbocycles. The summed E-state index contributed by atoms with van der Waals surface area (Å²) in [7, 11) is 0. The summed E-state index contributed by atoms with van der Waals surface area (Å²) in [6.07, 6.45) is 3.29. The average molecular weight is 264 g/mol. The van der Waals surface area contributed by atoms with E-state index >= 15 is 0 Å². The lowest BCUT2D eigenvalue weighted by Crippen LogP contribution is -1.96. The van der Waals surface area contributed by atoms with E-state index in [2.05, 4.69) is 4.98 Å². The molecule has 0 saturated carbocycles. The van der Waals surface area contributed by atoms with Gasteiger partial charge in [0.1, 0.15) is 11.5 Å². The number of carbonyl (C=O) groups is 1. The topological polar surface area (TPSA) is 59.4 Å². The third kappa shape index (κ3) is 2.60. The first-order valence-electron chi connectivity index (χ1n) is 5.19. The standard InChI is InChI=1S/C13H10ClNO3/c1-8-7-15-5-4-11(8)18-12-3-2-9(13(16)17)6-10(12)14/h2-7H,1H3,(H,16,17). The van der Waals surface area contributed by atoms with Crippen LogP contribution in [0.3, 0.4) is 0 Å². The van der Waals surface area contributed by atoms with Crippen LogP contribution in [-0.2, 0) is 0 Å². The molecule has 0 amide bonds. The number of hydrogen-bond acceptors (Lipinski definition) is 3. The van der Waals surface area contributed by atoms with Gasteiger partial charge in [-0.05, 0) is 31.2 Å². The molecule has 2 aromatic rings. The molecule has 1 heterocycles. The second-order valence-electron chi connectivity index (χ2n) is 3.69. The molecule has 0 aliphatic heterocycles. The van der Waals surface area contributed by atoms with Crippen LogP contribution in [0.2, 0.25) is 5.02 Å². The molecule has 18 heavy (non-hydrogen) atoms. The second-order valence-corrected chi connectivity index (χ2v) is 4.10. The highest BCUT2D eigenvalue weighted by Gasteiger charge is 2.09. The number of halogens is 1. The van der Waals surface area contributed by atoms with Crippen LogP contribution in [0.5, 0.6) is 11.5 Å². The quantitative estimate of drug-likeness (QED) is 0.920. The maximum atomic E-state index is 10.8. The van der Waals surface area contributed by atoms with E-state index in [-0.39, 0.29) is 10.6 Å².